The van der Waals surface area contributed by atoms with Crippen LogP contribution >= 0.6 is 0 Å². The van der Waals surface area contributed by atoms with Crippen LogP contribution in [0.2, 0.25) is 0 Å². The van der Waals surface area contributed by atoms with E-state index in [-0.39, 0.29) is 25.4 Å². The lowest BCUT2D eigenvalue weighted by Crippen LogP contribution is -2.38. The first-order valence-electron chi connectivity index (χ1n) is 8.76. The van der Waals surface area contributed by atoms with Gasteiger partial charge in [-0.1, -0.05) is 12.1 Å². The van der Waals surface area contributed by atoms with Crippen molar-refractivity contribution in [2.45, 2.75) is 32.1 Å². The Morgan fingerprint density at radius 1 is 1.19 bits per heavy atom. The average Bonchev–Trinajstić information content (AvgIpc) is 3.14. The maximum atomic E-state index is 13.7. The largest absolute Gasteiger partial charge is 0.456 e. The number of esters is 1. The number of halogens is 1. The topological polar surface area (TPSA) is 72.6 Å². The van der Waals surface area contributed by atoms with Gasteiger partial charge in [-0.25, -0.2) is 9.37 Å². The molecule has 1 aliphatic heterocycles. The number of likely N-dealkylation sites (tertiary alicyclic amines) is 1. The summed E-state index contributed by atoms with van der Waals surface area (Å²) in [7, 11) is 0. The summed E-state index contributed by atoms with van der Waals surface area (Å²) in [5.74, 6) is -0.405. The average molecular weight is 360 g/mol. The van der Waals surface area contributed by atoms with E-state index in [4.69, 9.17) is 9.15 Å². The molecule has 0 N–H and O–H groups in total. The molecule has 1 fully saturated rings. The van der Waals surface area contributed by atoms with Crippen molar-refractivity contribution >= 4 is 11.9 Å². The van der Waals surface area contributed by atoms with E-state index in [2.05, 4.69) is 4.98 Å². The third-order valence-electron chi connectivity index (χ3n) is 4.30. The molecule has 0 radical (unpaired) electrons. The molecule has 0 spiro atoms. The third kappa shape index (κ3) is 4.68. The Labute approximate surface area is 151 Å². The van der Waals surface area contributed by atoms with Crippen molar-refractivity contribution in [3.63, 3.8) is 0 Å². The molecule has 2 heterocycles. The SMILES string of the molecule is O=C(CCc1ncc(-c2ccccc2F)o1)OCC(=O)N1CCCCC1. The van der Waals surface area contributed by atoms with E-state index >= 15 is 0 Å². The third-order valence-corrected chi connectivity index (χ3v) is 4.30. The minimum atomic E-state index is -0.485. The van der Waals surface area contributed by atoms with Crippen molar-refractivity contribution in [1.29, 1.82) is 0 Å². The number of piperidine rings is 1. The number of hydrogen-bond acceptors (Lipinski definition) is 5. The second kappa shape index (κ2) is 8.60. The second-order valence-electron chi connectivity index (χ2n) is 6.20. The van der Waals surface area contributed by atoms with Crippen LogP contribution in [0.15, 0.2) is 34.9 Å². The van der Waals surface area contributed by atoms with Crippen molar-refractivity contribution in [3.05, 3.63) is 42.2 Å². The number of oxazole rings is 1. The molecule has 0 aliphatic carbocycles. The fraction of sp³-hybridized carbons (Fsp3) is 0.421. The van der Waals surface area contributed by atoms with Crippen LogP contribution in [0.25, 0.3) is 11.3 Å². The van der Waals surface area contributed by atoms with Gasteiger partial charge in [0.25, 0.3) is 5.91 Å². The van der Waals surface area contributed by atoms with Crippen molar-refractivity contribution in [1.82, 2.24) is 9.88 Å². The quantitative estimate of drug-likeness (QED) is 0.741. The number of benzene rings is 1. The van der Waals surface area contributed by atoms with Gasteiger partial charge < -0.3 is 14.1 Å². The molecule has 0 atom stereocenters. The number of aryl methyl sites for hydroxylation is 1. The molecule has 0 unspecified atom stereocenters. The smallest absolute Gasteiger partial charge is 0.306 e. The fourth-order valence-electron chi connectivity index (χ4n) is 2.87. The highest BCUT2D eigenvalue weighted by Gasteiger charge is 2.18. The van der Waals surface area contributed by atoms with Crippen molar-refractivity contribution in [2.75, 3.05) is 19.7 Å². The Morgan fingerprint density at radius 3 is 2.73 bits per heavy atom. The zero-order valence-corrected chi connectivity index (χ0v) is 14.4. The lowest BCUT2D eigenvalue weighted by atomic mass is 10.1. The highest BCUT2D eigenvalue weighted by atomic mass is 19.1. The lowest BCUT2D eigenvalue weighted by molar-refractivity contribution is -0.152. The molecule has 2 aromatic rings. The number of amides is 1. The molecular formula is C19H21FN2O4. The summed E-state index contributed by atoms with van der Waals surface area (Å²) < 4.78 is 24.2. The normalized spacial score (nSPS) is 14.3. The van der Waals surface area contributed by atoms with Crippen LogP contribution in [0.4, 0.5) is 4.39 Å². The summed E-state index contributed by atoms with van der Waals surface area (Å²) in [4.78, 5) is 29.5. The van der Waals surface area contributed by atoms with E-state index in [1.807, 2.05) is 0 Å². The molecule has 1 aromatic carbocycles. The summed E-state index contributed by atoms with van der Waals surface area (Å²) in [5.41, 5.74) is 0.320. The van der Waals surface area contributed by atoms with Gasteiger partial charge in [0.05, 0.1) is 18.2 Å². The minimum Gasteiger partial charge on any atom is -0.456 e. The fourth-order valence-corrected chi connectivity index (χ4v) is 2.87. The van der Waals surface area contributed by atoms with Crippen LogP contribution in [0.5, 0.6) is 0 Å². The molecule has 1 saturated heterocycles. The van der Waals surface area contributed by atoms with Crippen LogP contribution in [-0.2, 0) is 20.7 Å². The Hall–Kier alpha value is -2.70. The van der Waals surface area contributed by atoms with E-state index in [0.29, 0.717) is 17.2 Å². The Kier molecular flexibility index (Phi) is 5.99. The van der Waals surface area contributed by atoms with Gasteiger partial charge >= 0.3 is 5.97 Å². The van der Waals surface area contributed by atoms with E-state index in [9.17, 15) is 14.0 Å². The Balaban J connectivity index is 1.45. The maximum Gasteiger partial charge on any atom is 0.306 e. The highest BCUT2D eigenvalue weighted by Crippen LogP contribution is 2.23. The van der Waals surface area contributed by atoms with Gasteiger partial charge in [-0.15, -0.1) is 0 Å². The number of aromatic nitrogens is 1. The van der Waals surface area contributed by atoms with Crippen LogP contribution in [0.3, 0.4) is 0 Å². The predicted molar refractivity (Wildman–Crippen MR) is 91.6 cm³/mol. The molecule has 7 heteroatoms. The number of hydrogen-bond donors (Lipinski definition) is 0. The molecular weight excluding hydrogens is 339 g/mol. The summed E-state index contributed by atoms with van der Waals surface area (Å²) in [6.45, 7) is 1.22. The summed E-state index contributed by atoms with van der Waals surface area (Å²) in [6, 6.07) is 6.24. The van der Waals surface area contributed by atoms with Crippen molar-refractivity contribution < 1.29 is 23.1 Å². The van der Waals surface area contributed by atoms with E-state index < -0.39 is 11.8 Å². The molecule has 138 valence electrons. The standard InChI is InChI=1S/C19H21FN2O4/c20-15-7-3-2-6-14(15)16-12-21-17(26-16)8-9-19(24)25-13-18(23)22-10-4-1-5-11-22/h2-3,6-7,12H,1,4-5,8-11,13H2. The number of ether oxygens (including phenoxy) is 1. The summed E-state index contributed by atoms with van der Waals surface area (Å²) in [5, 5.41) is 0. The molecule has 1 aromatic heterocycles. The highest BCUT2D eigenvalue weighted by molar-refractivity contribution is 5.80. The first-order valence-corrected chi connectivity index (χ1v) is 8.76. The molecule has 1 amide bonds. The van der Waals surface area contributed by atoms with Crippen molar-refractivity contribution in [2.24, 2.45) is 0 Å². The number of carbonyl (C=O) groups excluding carboxylic acids is 2. The minimum absolute atomic E-state index is 0.0461. The van der Waals surface area contributed by atoms with E-state index in [0.717, 1.165) is 32.4 Å². The van der Waals surface area contributed by atoms with Crippen LogP contribution in [-0.4, -0.2) is 41.5 Å². The zero-order valence-electron chi connectivity index (χ0n) is 14.4. The number of carbonyl (C=O) groups is 2. The van der Waals surface area contributed by atoms with Crippen LogP contribution in [0, 0.1) is 5.82 Å². The van der Waals surface area contributed by atoms with Gasteiger partial charge in [0.2, 0.25) is 0 Å². The van der Waals surface area contributed by atoms with Gasteiger partial charge in [-0.3, -0.25) is 9.59 Å². The summed E-state index contributed by atoms with van der Waals surface area (Å²) in [6.07, 6.45) is 4.83. The van der Waals surface area contributed by atoms with E-state index in [1.54, 1.807) is 23.1 Å². The number of nitrogens with zero attached hydrogens (tertiary/aromatic N) is 2. The summed E-state index contributed by atoms with van der Waals surface area (Å²) >= 11 is 0. The molecule has 3 rings (SSSR count). The molecule has 6 nitrogen and oxygen atoms in total. The van der Waals surface area contributed by atoms with Gasteiger partial charge in [-0.05, 0) is 31.4 Å². The maximum absolute atomic E-state index is 13.7. The molecule has 0 bridgehead atoms. The van der Waals surface area contributed by atoms with Crippen molar-refractivity contribution in [3.8, 4) is 11.3 Å². The molecule has 0 saturated carbocycles. The van der Waals surface area contributed by atoms with E-state index in [1.165, 1.54) is 12.3 Å². The first-order chi connectivity index (χ1) is 12.6. The number of rotatable bonds is 6. The monoisotopic (exact) mass is 360 g/mol. The molecule has 26 heavy (non-hydrogen) atoms. The lowest BCUT2D eigenvalue weighted by Gasteiger charge is -2.26. The van der Waals surface area contributed by atoms with Crippen LogP contribution < -0.4 is 0 Å². The van der Waals surface area contributed by atoms with Gasteiger partial charge in [0, 0.05) is 19.5 Å². The zero-order chi connectivity index (χ0) is 18.4. The van der Waals surface area contributed by atoms with Gasteiger partial charge in [-0.2, -0.15) is 0 Å². The molecule has 1 aliphatic rings. The Bertz CT molecular complexity index is 768. The van der Waals surface area contributed by atoms with Crippen LogP contribution in [0.1, 0.15) is 31.6 Å². The Morgan fingerprint density at radius 2 is 1.96 bits per heavy atom. The van der Waals surface area contributed by atoms with Gasteiger partial charge in [0.1, 0.15) is 5.82 Å². The first kappa shape index (κ1) is 18.1. The second-order valence-corrected chi connectivity index (χ2v) is 6.20. The predicted octanol–water partition coefficient (Wildman–Crippen LogP) is 2.97. The van der Waals surface area contributed by atoms with Gasteiger partial charge in [0.15, 0.2) is 18.3 Å².